The standard InChI is InChI=1S/C42H42N2P2.2BrH/c1-7-19-35(20-8-1)45(36-21-9-2-10-22-36,37-23-11-3-12-24-37)33-41-42(44-32-31-43-41)34-46(38-25-13-4-14-26-38,39-27-15-5-16-28-39)40-29-17-6-18-30-40;;/h1-30,41-44H,31-34H2;2*1H/q+2;;/p-2/t41-,42-;;/m1../s1. The summed E-state index contributed by atoms with van der Waals surface area (Å²) in [6, 6.07) is 68.5. The Kier molecular flexibility index (Phi) is 13.0. The number of benzene rings is 6. The van der Waals surface area contributed by atoms with Crippen LogP contribution < -0.4 is 76.4 Å². The average Bonchev–Trinajstić information content (AvgIpc) is 3.15. The maximum atomic E-state index is 4.09. The molecule has 2 atom stereocenters. The van der Waals surface area contributed by atoms with Gasteiger partial charge >= 0.3 is 0 Å². The van der Waals surface area contributed by atoms with Crippen molar-refractivity contribution >= 4 is 46.4 Å². The zero-order valence-corrected chi connectivity index (χ0v) is 31.9. The smallest absolute Gasteiger partial charge is 0.113 e. The first kappa shape index (κ1) is 36.3. The van der Waals surface area contributed by atoms with E-state index in [-0.39, 0.29) is 46.0 Å². The van der Waals surface area contributed by atoms with Crippen molar-refractivity contribution in [2.24, 2.45) is 0 Å². The SMILES string of the molecule is [Br-].[Br-].c1ccc([P+](C[C@H]2NCCN[C@@H]2C[P+](c2ccccc2)(c2ccccc2)c2ccccc2)(c2ccccc2)c2ccccc2)cc1. The molecule has 244 valence electrons. The zero-order valence-electron chi connectivity index (χ0n) is 27.0. The Labute approximate surface area is 308 Å². The van der Waals surface area contributed by atoms with Gasteiger partial charge in [-0.15, -0.1) is 0 Å². The molecule has 6 aromatic rings. The van der Waals surface area contributed by atoms with Gasteiger partial charge < -0.3 is 44.6 Å². The molecule has 2 nitrogen and oxygen atoms in total. The lowest BCUT2D eigenvalue weighted by molar-refractivity contribution is -0.001000. The van der Waals surface area contributed by atoms with Gasteiger partial charge in [-0.3, -0.25) is 0 Å². The van der Waals surface area contributed by atoms with Crippen LogP contribution in [0.1, 0.15) is 0 Å². The third-order valence-electron chi connectivity index (χ3n) is 9.55. The van der Waals surface area contributed by atoms with Gasteiger partial charge in [-0.25, -0.2) is 0 Å². The van der Waals surface area contributed by atoms with Crippen molar-refractivity contribution in [2.45, 2.75) is 12.1 Å². The van der Waals surface area contributed by atoms with E-state index in [1.54, 1.807) is 0 Å². The highest BCUT2D eigenvalue weighted by Gasteiger charge is 2.53. The summed E-state index contributed by atoms with van der Waals surface area (Å²) in [6.45, 7) is 1.93. The van der Waals surface area contributed by atoms with Crippen LogP contribution in [0.4, 0.5) is 0 Å². The van der Waals surface area contributed by atoms with E-state index in [1.807, 2.05) is 0 Å². The first-order valence-electron chi connectivity index (χ1n) is 16.4. The fourth-order valence-corrected chi connectivity index (χ4v) is 16.5. The molecular formula is C42H42Br2N2P2. The summed E-state index contributed by atoms with van der Waals surface area (Å²) in [5.41, 5.74) is 0. The van der Waals surface area contributed by atoms with E-state index >= 15 is 0 Å². The Morgan fingerprint density at radius 1 is 0.333 bits per heavy atom. The van der Waals surface area contributed by atoms with Gasteiger partial charge in [-0.05, 0) is 72.8 Å². The Balaban J connectivity index is 0.00000225. The molecule has 1 aliphatic rings. The number of rotatable bonds is 10. The van der Waals surface area contributed by atoms with Crippen LogP contribution in [0.3, 0.4) is 0 Å². The van der Waals surface area contributed by atoms with Gasteiger partial charge in [0.2, 0.25) is 0 Å². The number of hydrogen-bond acceptors (Lipinski definition) is 2. The van der Waals surface area contributed by atoms with Crippen LogP contribution >= 0.6 is 14.5 Å². The summed E-state index contributed by atoms with van der Waals surface area (Å²) in [6.07, 6.45) is 2.09. The first-order valence-corrected chi connectivity index (χ1v) is 20.3. The fraction of sp³-hybridized carbons (Fsp3) is 0.143. The lowest BCUT2D eigenvalue weighted by atomic mass is 10.1. The van der Waals surface area contributed by atoms with Gasteiger partial charge in [0.05, 0.1) is 24.4 Å². The average molecular weight is 797 g/mol. The molecule has 6 aromatic carbocycles. The van der Waals surface area contributed by atoms with E-state index in [0.29, 0.717) is 0 Å². The quantitative estimate of drug-likeness (QED) is 0.190. The number of hydrogen-bond donors (Lipinski definition) is 2. The van der Waals surface area contributed by atoms with E-state index in [2.05, 4.69) is 193 Å². The highest BCUT2D eigenvalue weighted by Crippen LogP contribution is 2.59. The summed E-state index contributed by atoms with van der Waals surface area (Å²) < 4.78 is 0. The molecule has 1 aliphatic heterocycles. The van der Waals surface area contributed by atoms with Crippen LogP contribution in [-0.4, -0.2) is 37.5 Å². The summed E-state index contributed by atoms with van der Waals surface area (Å²) in [7, 11) is -4.06. The fourth-order valence-electron chi connectivity index (χ4n) is 7.40. The zero-order chi connectivity index (χ0) is 31.1. The third kappa shape index (κ3) is 7.31. The Morgan fingerprint density at radius 3 is 0.708 bits per heavy atom. The molecular weight excluding hydrogens is 754 g/mol. The van der Waals surface area contributed by atoms with Gasteiger partial charge in [0.1, 0.15) is 46.4 Å². The maximum Gasteiger partial charge on any atom is 0.113 e. The van der Waals surface area contributed by atoms with Gasteiger partial charge in [0.25, 0.3) is 0 Å². The minimum atomic E-state index is -2.03. The van der Waals surface area contributed by atoms with Gasteiger partial charge in [-0.2, -0.15) is 0 Å². The van der Waals surface area contributed by atoms with E-state index in [1.165, 1.54) is 31.8 Å². The second kappa shape index (κ2) is 17.1. The van der Waals surface area contributed by atoms with E-state index in [9.17, 15) is 0 Å². The Hall–Kier alpha value is -2.94. The van der Waals surface area contributed by atoms with E-state index in [0.717, 1.165) is 25.4 Å². The normalized spacial score (nSPS) is 16.2. The van der Waals surface area contributed by atoms with Crippen LogP contribution in [0.5, 0.6) is 0 Å². The van der Waals surface area contributed by atoms with Crippen molar-refractivity contribution in [3.63, 3.8) is 0 Å². The third-order valence-corrected chi connectivity index (χ3v) is 18.5. The summed E-state index contributed by atoms with van der Waals surface area (Å²) in [5.74, 6) is 0. The van der Waals surface area contributed by atoms with Crippen LogP contribution in [0.25, 0.3) is 0 Å². The number of halogens is 2. The number of nitrogens with one attached hydrogen (secondary N) is 2. The van der Waals surface area contributed by atoms with Crippen LogP contribution in [0, 0.1) is 0 Å². The topological polar surface area (TPSA) is 24.1 Å². The monoisotopic (exact) mass is 794 g/mol. The van der Waals surface area contributed by atoms with Gasteiger partial charge in [0.15, 0.2) is 0 Å². The highest BCUT2D eigenvalue weighted by atomic mass is 79.9. The lowest BCUT2D eigenvalue weighted by Gasteiger charge is -2.40. The molecule has 0 saturated carbocycles. The molecule has 7 rings (SSSR count). The molecule has 2 N–H and O–H groups in total. The summed E-state index contributed by atoms with van der Waals surface area (Å²) >= 11 is 0. The summed E-state index contributed by atoms with van der Waals surface area (Å²) in [4.78, 5) is 0. The molecule has 1 saturated heterocycles. The van der Waals surface area contributed by atoms with Crippen molar-refractivity contribution in [2.75, 3.05) is 25.4 Å². The molecule has 0 unspecified atom stereocenters. The predicted molar refractivity (Wildman–Crippen MR) is 204 cm³/mol. The molecule has 0 spiro atoms. The lowest BCUT2D eigenvalue weighted by Crippen LogP contribution is -3.00. The first-order chi connectivity index (χ1) is 22.8. The second-order valence-electron chi connectivity index (χ2n) is 12.1. The molecule has 0 aliphatic carbocycles. The maximum absolute atomic E-state index is 4.09. The van der Waals surface area contributed by atoms with Crippen molar-refractivity contribution in [1.82, 2.24) is 10.6 Å². The van der Waals surface area contributed by atoms with Gasteiger partial charge in [0, 0.05) is 13.1 Å². The number of piperazine rings is 1. The van der Waals surface area contributed by atoms with Crippen molar-refractivity contribution in [3.05, 3.63) is 182 Å². The molecule has 48 heavy (non-hydrogen) atoms. The molecule has 6 heteroatoms. The second-order valence-corrected chi connectivity index (χ2v) is 19.2. The highest BCUT2D eigenvalue weighted by molar-refractivity contribution is 7.96. The van der Waals surface area contributed by atoms with E-state index in [4.69, 9.17) is 0 Å². The minimum Gasteiger partial charge on any atom is -1.00 e. The minimum absolute atomic E-state index is 0. The molecule has 0 aromatic heterocycles. The Morgan fingerprint density at radius 2 is 0.521 bits per heavy atom. The van der Waals surface area contributed by atoms with Crippen molar-refractivity contribution in [1.29, 1.82) is 0 Å². The summed E-state index contributed by atoms with van der Waals surface area (Å²) in [5, 5.41) is 16.8. The molecule has 0 radical (unpaired) electrons. The molecule has 0 bridgehead atoms. The van der Waals surface area contributed by atoms with Gasteiger partial charge in [-0.1, -0.05) is 109 Å². The van der Waals surface area contributed by atoms with Crippen molar-refractivity contribution < 1.29 is 34.0 Å². The molecule has 0 amide bonds. The Bertz CT molecular complexity index is 1470. The van der Waals surface area contributed by atoms with E-state index < -0.39 is 14.5 Å². The van der Waals surface area contributed by atoms with Crippen LogP contribution in [0.15, 0.2) is 182 Å². The molecule has 1 heterocycles. The van der Waals surface area contributed by atoms with Crippen LogP contribution in [-0.2, 0) is 0 Å². The van der Waals surface area contributed by atoms with Crippen LogP contribution in [0.2, 0.25) is 0 Å². The molecule has 1 fully saturated rings. The largest absolute Gasteiger partial charge is 1.00 e. The predicted octanol–water partition coefficient (Wildman–Crippen LogP) is -0.0874. The van der Waals surface area contributed by atoms with Crippen molar-refractivity contribution in [3.8, 4) is 0 Å².